The van der Waals surface area contributed by atoms with Crippen LogP contribution in [0.2, 0.25) is 0 Å². The normalized spacial score (nSPS) is 12.4. The first-order chi connectivity index (χ1) is 17.7. The van der Waals surface area contributed by atoms with Crippen molar-refractivity contribution in [3.05, 3.63) is 77.2 Å². The third-order valence-corrected chi connectivity index (χ3v) is 6.96. The van der Waals surface area contributed by atoms with E-state index in [0.717, 1.165) is 16.0 Å². The molecule has 0 saturated heterocycles. The van der Waals surface area contributed by atoms with Crippen molar-refractivity contribution in [1.29, 1.82) is 0 Å². The van der Waals surface area contributed by atoms with Crippen LogP contribution in [0.25, 0.3) is 10.4 Å². The Kier molecular flexibility index (Phi) is 9.97. The van der Waals surface area contributed by atoms with Gasteiger partial charge in [0.25, 0.3) is 0 Å². The first-order valence-electron chi connectivity index (χ1n) is 11.9. The molecule has 0 fully saturated rings. The molecular weight excluding hydrogens is 492 g/mol. The molecule has 3 rings (SSSR count). The van der Waals surface area contributed by atoms with Gasteiger partial charge >= 0.3 is 5.97 Å². The molecular formula is C28H30N2O6S. The zero-order valence-electron chi connectivity index (χ0n) is 20.3. The minimum Gasteiger partial charge on any atom is -0.508 e. The maximum absolute atomic E-state index is 13.0. The molecule has 0 spiro atoms. The Morgan fingerprint density at radius 3 is 2.19 bits per heavy atom. The highest BCUT2D eigenvalue weighted by Gasteiger charge is 2.27. The molecule has 2 atom stereocenters. The molecule has 0 unspecified atom stereocenters. The van der Waals surface area contributed by atoms with Gasteiger partial charge in [-0.15, -0.1) is 11.3 Å². The summed E-state index contributed by atoms with van der Waals surface area (Å²) in [5.74, 6) is -3.34. The second-order valence-corrected chi connectivity index (χ2v) is 9.81. The van der Waals surface area contributed by atoms with Crippen molar-refractivity contribution in [1.82, 2.24) is 5.32 Å². The number of rotatable bonds is 14. The lowest BCUT2D eigenvalue weighted by Gasteiger charge is -2.20. The summed E-state index contributed by atoms with van der Waals surface area (Å²) < 4.78 is 0. The van der Waals surface area contributed by atoms with E-state index in [1.54, 1.807) is 23.5 Å². The molecule has 2 amide bonds. The number of carbonyl (C=O) groups excluding carboxylic acids is 3. The molecule has 1 aromatic heterocycles. The van der Waals surface area contributed by atoms with Crippen LogP contribution in [0.1, 0.15) is 36.8 Å². The summed E-state index contributed by atoms with van der Waals surface area (Å²) in [6, 6.07) is 17.1. The fourth-order valence-electron chi connectivity index (χ4n) is 3.96. The zero-order chi connectivity index (χ0) is 26.8. The van der Waals surface area contributed by atoms with Gasteiger partial charge in [-0.3, -0.25) is 19.2 Å². The fourth-order valence-corrected chi connectivity index (χ4v) is 4.69. The number of aromatic hydroxyl groups is 1. The van der Waals surface area contributed by atoms with Crippen LogP contribution in [0.4, 0.5) is 0 Å². The monoisotopic (exact) mass is 522 g/mol. The number of aryl methyl sites for hydroxylation is 1. The van der Waals surface area contributed by atoms with E-state index in [0.29, 0.717) is 12.0 Å². The molecule has 0 aliphatic heterocycles. The SMILES string of the molecule is NC(=O)[C@@H](CC(=O)[C@H](CCC(=O)O)NC(=O)CCc1ccc(-c2cccs2)cc1)Cc1ccc(O)cc1. The molecule has 2 aromatic carbocycles. The van der Waals surface area contributed by atoms with Gasteiger partial charge in [-0.05, 0) is 59.5 Å². The highest BCUT2D eigenvalue weighted by atomic mass is 32.1. The van der Waals surface area contributed by atoms with E-state index in [9.17, 15) is 24.3 Å². The number of benzene rings is 2. The number of nitrogens with two attached hydrogens (primary N) is 1. The number of carbonyl (C=O) groups is 4. The zero-order valence-corrected chi connectivity index (χ0v) is 21.1. The largest absolute Gasteiger partial charge is 0.508 e. The van der Waals surface area contributed by atoms with Crippen LogP contribution >= 0.6 is 11.3 Å². The summed E-state index contributed by atoms with van der Waals surface area (Å²) in [6.45, 7) is 0. The summed E-state index contributed by atoms with van der Waals surface area (Å²) in [5.41, 5.74) is 8.29. The summed E-state index contributed by atoms with van der Waals surface area (Å²) in [5, 5.41) is 23.2. The van der Waals surface area contributed by atoms with Gasteiger partial charge in [-0.1, -0.05) is 42.5 Å². The lowest BCUT2D eigenvalue weighted by molar-refractivity contribution is -0.138. The second kappa shape index (κ2) is 13.4. The van der Waals surface area contributed by atoms with Crippen molar-refractivity contribution >= 4 is 34.9 Å². The summed E-state index contributed by atoms with van der Waals surface area (Å²) in [6.07, 6.45) is 0.149. The number of nitrogens with one attached hydrogen (secondary N) is 1. The topological polar surface area (TPSA) is 147 Å². The summed E-state index contributed by atoms with van der Waals surface area (Å²) >= 11 is 1.65. The molecule has 1 heterocycles. The van der Waals surface area contributed by atoms with Gasteiger partial charge in [0.2, 0.25) is 11.8 Å². The predicted molar refractivity (Wildman–Crippen MR) is 141 cm³/mol. The Morgan fingerprint density at radius 2 is 1.59 bits per heavy atom. The maximum atomic E-state index is 13.0. The van der Waals surface area contributed by atoms with E-state index in [1.807, 2.05) is 41.8 Å². The van der Waals surface area contributed by atoms with Crippen molar-refractivity contribution in [2.24, 2.45) is 11.7 Å². The van der Waals surface area contributed by atoms with Crippen LogP contribution in [-0.2, 0) is 32.0 Å². The number of Topliss-reactive ketones (excluding diaryl/α,β-unsaturated/α-hetero) is 1. The van der Waals surface area contributed by atoms with E-state index in [4.69, 9.17) is 10.8 Å². The lowest BCUT2D eigenvalue weighted by atomic mass is 9.90. The standard InChI is InChI=1S/C28H30N2O6S/c29-28(36)21(16-19-5-10-22(31)11-6-19)17-24(32)23(12-14-27(34)35)30-26(33)13-7-18-3-8-20(9-4-18)25-2-1-15-37-25/h1-6,8-11,15,21,23,31H,7,12-14,16-17H2,(H2,29,36)(H,30,33)(H,34,35)/t21-,23+/m1/s1. The smallest absolute Gasteiger partial charge is 0.303 e. The first-order valence-corrected chi connectivity index (χ1v) is 12.8. The Hall–Kier alpha value is -3.98. The van der Waals surface area contributed by atoms with Crippen molar-refractivity contribution in [2.75, 3.05) is 0 Å². The molecule has 3 aromatic rings. The van der Waals surface area contributed by atoms with E-state index in [-0.39, 0.29) is 43.8 Å². The Labute approximate surface area is 219 Å². The first kappa shape index (κ1) is 27.6. The van der Waals surface area contributed by atoms with Gasteiger partial charge in [0.05, 0.1) is 6.04 Å². The Balaban J connectivity index is 1.59. The number of thiophene rings is 1. The molecule has 0 aliphatic carbocycles. The third kappa shape index (κ3) is 8.88. The van der Waals surface area contributed by atoms with Crippen LogP contribution in [-0.4, -0.2) is 39.8 Å². The van der Waals surface area contributed by atoms with Crippen LogP contribution < -0.4 is 11.1 Å². The maximum Gasteiger partial charge on any atom is 0.303 e. The van der Waals surface area contributed by atoms with E-state index in [1.165, 1.54) is 12.1 Å². The quantitative estimate of drug-likeness (QED) is 0.254. The summed E-state index contributed by atoms with van der Waals surface area (Å²) in [7, 11) is 0. The van der Waals surface area contributed by atoms with Crippen molar-refractivity contribution < 1.29 is 29.4 Å². The van der Waals surface area contributed by atoms with Crippen molar-refractivity contribution in [3.8, 4) is 16.2 Å². The number of phenols is 1. The van der Waals surface area contributed by atoms with Gasteiger partial charge in [0, 0.05) is 30.1 Å². The molecule has 8 nitrogen and oxygen atoms in total. The number of phenolic OH excluding ortho intramolecular Hbond substituents is 1. The molecule has 37 heavy (non-hydrogen) atoms. The van der Waals surface area contributed by atoms with Gasteiger partial charge in [-0.25, -0.2) is 0 Å². The van der Waals surface area contributed by atoms with E-state index in [2.05, 4.69) is 5.32 Å². The Morgan fingerprint density at radius 1 is 0.919 bits per heavy atom. The second-order valence-electron chi connectivity index (χ2n) is 8.87. The average molecular weight is 523 g/mol. The number of aliphatic carboxylic acids is 1. The molecule has 0 aliphatic rings. The number of primary amides is 1. The highest BCUT2D eigenvalue weighted by Crippen LogP contribution is 2.25. The van der Waals surface area contributed by atoms with Gasteiger partial charge < -0.3 is 21.3 Å². The molecule has 194 valence electrons. The average Bonchev–Trinajstić information content (AvgIpc) is 3.41. The predicted octanol–water partition coefficient (Wildman–Crippen LogP) is 3.71. The molecule has 9 heteroatoms. The van der Waals surface area contributed by atoms with Crippen LogP contribution in [0, 0.1) is 5.92 Å². The highest BCUT2D eigenvalue weighted by molar-refractivity contribution is 7.13. The molecule has 0 radical (unpaired) electrons. The van der Waals surface area contributed by atoms with E-state index >= 15 is 0 Å². The van der Waals surface area contributed by atoms with Crippen molar-refractivity contribution in [2.45, 2.75) is 44.6 Å². The third-order valence-electron chi connectivity index (χ3n) is 6.04. The Bertz CT molecular complexity index is 1210. The number of hydrogen-bond acceptors (Lipinski definition) is 6. The fraction of sp³-hybridized carbons (Fsp3) is 0.286. The number of carboxylic acid groups (broad SMARTS) is 1. The molecule has 5 N–H and O–H groups in total. The minimum atomic E-state index is -1.09. The van der Waals surface area contributed by atoms with Crippen molar-refractivity contribution in [3.63, 3.8) is 0 Å². The molecule has 0 saturated carbocycles. The van der Waals surface area contributed by atoms with Gasteiger partial charge in [-0.2, -0.15) is 0 Å². The van der Waals surface area contributed by atoms with Crippen LogP contribution in [0.5, 0.6) is 5.75 Å². The number of ketones is 1. The molecule has 0 bridgehead atoms. The van der Waals surface area contributed by atoms with Gasteiger partial charge in [0.1, 0.15) is 5.75 Å². The summed E-state index contributed by atoms with van der Waals surface area (Å²) in [4.78, 5) is 50.0. The van der Waals surface area contributed by atoms with Crippen LogP contribution in [0.3, 0.4) is 0 Å². The number of hydrogen-bond donors (Lipinski definition) is 4. The minimum absolute atomic E-state index is 0.0744. The van der Waals surface area contributed by atoms with E-state index < -0.39 is 29.6 Å². The van der Waals surface area contributed by atoms with Gasteiger partial charge in [0.15, 0.2) is 5.78 Å². The number of amides is 2. The van der Waals surface area contributed by atoms with Crippen LogP contribution in [0.15, 0.2) is 66.0 Å². The number of carboxylic acids is 1. The lowest BCUT2D eigenvalue weighted by Crippen LogP contribution is -2.43.